The zero-order valence-electron chi connectivity index (χ0n) is 16.3. The normalized spacial score (nSPS) is 15.3. The standard InChI is InChI=1S/C23H27N3O/c1-4-12-26-16(2)13-20(17(26)3)14-21(15-24)23(27)25-22(19-10-11-19)18-8-6-5-7-9-18/h5-9,13-14,19,22H,4,10-12H2,1-3H3,(H,25,27)/b21-14+. The van der Waals surface area contributed by atoms with Gasteiger partial charge in [0, 0.05) is 17.9 Å². The second kappa shape index (κ2) is 8.26. The van der Waals surface area contributed by atoms with E-state index in [2.05, 4.69) is 29.8 Å². The fourth-order valence-corrected chi connectivity index (χ4v) is 3.63. The number of nitrogens with zero attached hydrogens (tertiary/aromatic N) is 2. The van der Waals surface area contributed by atoms with Gasteiger partial charge in [-0.1, -0.05) is 37.3 Å². The number of hydrogen-bond donors (Lipinski definition) is 1. The third-order valence-corrected chi connectivity index (χ3v) is 5.26. The van der Waals surface area contributed by atoms with Crippen molar-refractivity contribution in [3.63, 3.8) is 0 Å². The summed E-state index contributed by atoms with van der Waals surface area (Å²) in [6.45, 7) is 7.19. The maximum atomic E-state index is 12.8. The molecular weight excluding hydrogens is 334 g/mol. The van der Waals surface area contributed by atoms with Gasteiger partial charge in [-0.15, -0.1) is 0 Å². The molecule has 140 valence electrons. The first-order chi connectivity index (χ1) is 13.0. The monoisotopic (exact) mass is 361 g/mol. The highest BCUT2D eigenvalue weighted by Crippen LogP contribution is 2.41. The second-order valence-corrected chi connectivity index (χ2v) is 7.35. The van der Waals surface area contributed by atoms with E-state index in [9.17, 15) is 10.1 Å². The molecule has 1 amide bonds. The van der Waals surface area contributed by atoms with Crippen molar-refractivity contribution in [1.29, 1.82) is 5.26 Å². The van der Waals surface area contributed by atoms with Gasteiger partial charge in [0.25, 0.3) is 5.91 Å². The zero-order valence-corrected chi connectivity index (χ0v) is 16.3. The van der Waals surface area contributed by atoms with Gasteiger partial charge in [-0.3, -0.25) is 4.79 Å². The minimum absolute atomic E-state index is 0.0250. The van der Waals surface area contributed by atoms with Crippen LogP contribution < -0.4 is 5.32 Å². The molecule has 1 aliphatic carbocycles. The fourth-order valence-electron chi connectivity index (χ4n) is 3.63. The summed E-state index contributed by atoms with van der Waals surface area (Å²) < 4.78 is 2.23. The molecule has 4 heteroatoms. The Bertz CT molecular complexity index is 882. The molecule has 3 rings (SSSR count). The molecule has 1 aliphatic rings. The van der Waals surface area contributed by atoms with Crippen molar-refractivity contribution < 1.29 is 4.79 Å². The molecule has 1 unspecified atom stereocenters. The Hall–Kier alpha value is -2.80. The minimum Gasteiger partial charge on any atom is -0.349 e. The van der Waals surface area contributed by atoms with Crippen LogP contribution in [0.15, 0.2) is 42.0 Å². The van der Waals surface area contributed by atoms with E-state index in [4.69, 9.17) is 0 Å². The van der Waals surface area contributed by atoms with Crippen LogP contribution in [0.25, 0.3) is 6.08 Å². The molecule has 27 heavy (non-hydrogen) atoms. The topological polar surface area (TPSA) is 57.8 Å². The van der Waals surface area contributed by atoms with Crippen molar-refractivity contribution in [2.24, 2.45) is 5.92 Å². The molecule has 0 saturated heterocycles. The van der Waals surface area contributed by atoms with Crippen molar-refractivity contribution in [3.05, 3.63) is 64.5 Å². The number of aryl methyl sites for hydroxylation is 1. The van der Waals surface area contributed by atoms with Crippen LogP contribution in [0.1, 0.15) is 54.7 Å². The molecule has 1 aromatic heterocycles. The summed E-state index contributed by atoms with van der Waals surface area (Å²) >= 11 is 0. The van der Waals surface area contributed by atoms with Crippen LogP contribution in [-0.2, 0) is 11.3 Å². The number of benzene rings is 1. The average molecular weight is 361 g/mol. The van der Waals surface area contributed by atoms with Gasteiger partial charge in [-0.25, -0.2) is 0 Å². The predicted molar refractivity (Wildman–Crippen MR) is 108 cm³/mol. The molecule has 2 aromatic rings. The van der Waals surface area contributed by atoms with Crippen LogP contribution in [0.2, 0.25) is 0 Å². The number of carbonyl (C=O) groups is 1. The van der Waals surface area contributed by atoms with Crippen LogP contribution in [0.4, 0.5) is 0 Å². The second-order valence-electron chi connectivity index (χ2n) is 7.35. The van der Waals surface area contributed by atoms with Crippen LogP contribution >= 0.6 is 0 Å². The highest BCUT2D eigenvalue weighted by molar-refractivity contribution is 6.02. The number of hydrogen-bond acceptors (Lipinski definition) is 2. The van der Waals surface area contributed by atoms with Crippen LogP contribution in [0.3, 0.4) is 0 Å². The SMILES string of the molecule is CCCn1c(C)cc(/C=C(\C#N)C(=O)NC(c2ccccc2)C2CC2)c1C. The van der Waals surface area contributed by atoms with Gasteiger partial charge in [0.2, 0.25) is 0 Å². The smallest absolute Gasteiger partial charge is 0.262 e. The summed E-state index contributed by atoms with van der Waals surface area (Å²) in [5, 5.41) is 12.7. The molecular formula is C23H27N3O. The quantitative estimate of drug-likeness (QED) is 0.574. The maximum absolute atomic E-state index is 12.8. The van der Waals surface area contributed by atoms with Crippen molar-refractivity contribution in [2.45, 2.75) is 52.6 Å². The summed E-state index contributed by atoms with van der Waals surface area (Å²) in [4.78, 5) is 12.8. The van der Waals surface area contributed by atoms with Crippen molar-refractivity contribution in [2.75, 3.05) is 0 Å². The van der Waals surface area contributed by atoms with Gasteiger partial charge >= 0.3 is 0 Å². The lowest BCUT2D eigenvalue weighted by molar-refractivity contribution is -0.117. The van der Waals surface area contributed by atoms with Crippen molar-refractivity contribution in [1.82, 2.24) is 9.88 Å². The van der Waals surface area contributed by atoms with E-state index < -0.39 is 0 Å². The highest BCUT2D eigenvalue weighted by Gasteiger charge is 2.33. The fraction of sp³-hybridized carbons (Fsp3) is 0.391. The van der Waals surface area contributed by atoms with E-state index in [-0.39, 0.29) is 17.5 Å². The first-order valence-corrected chi connectivity index (χ1v) is 9.69. The summed E-state index contributed by atoms with van der Waals surface area (Å²) in [5.74, 6) is 0.171. The predicted octanol–water partition coefficient (Wildman–Crippen LogP) is 4.69. The average Bonchev–Trinajstić information content (AvgIpc) is 3.48. The molecule has 1 N–H and O–H groups in total. The van der Waals surface area contributed by atoms with Gasteiger partial charge in [0.1, 0.15) is 11.6 Å². The van der Waals surface area contributed by atoms with E-state index in [0.29, 0.717) is 5.92 Å². The van der Waals surface area contributed by atoms with Crippen LogP contribution in [-0.4, -0.2) is 10.5 Å². The summed E-state index contributed by atoms with van der Waals surface area (Å²) in [6, 6.07) is 14.1. The largest absolute Gasteiger partial charge is 0.349 e. The lowest BCUT2D eigenvalue weighted by Crippen LogP contribution is -2.30. The van der Waals surface area contributed by atoms with Crippen LogP contribution in [0.5, 0.6) is 0 Å². The number of nitriles is 1. The lowest BCUT2D eigenvalue weighted by Gasteiger charge is -2.18. The summed E-state index contributed by atoms with van der Waals surface area (Å²) in [7, 11) is 0. The van der Waals surface area contributed by atoms with E-state index in [1.54, 1.807) is 6.08 Å². The van der Waals surface area contributed by atoms with Crippen molar-refractivity contribution in [3.8, 4) is 6.07 Å². The molecule has 1 aromatic carbocycles. The number of carbonyl (C=O) groups excluding carboxylic acids is 1. The maximum Gasteiger partial charge on any atom is 0.262 e. The first-order valence-electron chi connectivity index (χ1n) is 9.69. The summed E-state index contributed by atoms with van der Waals surface area (Å²) in [6.07, 6.45) is 5.00. The molecule has 1 atom stereocenters. The van der Waals surface area contributed by atoms with E-state index in [0.717, 1.165) is 48.3 Å². The van der Waals surface area contributed by atoms with Gasteiger partial charge in [-0.2, -0.15) is 5.26 Å². The highest BCUT2D eigenvalue weighted by atomic mass is 16.1. The van der Waals surface area contributed by atoms with E-state index in [1.807, 2.05) is 43.3 Å². The third-order valence-electron chi connectivity index (χ3n) is 5.26. The Morgan fingerprint density at radius 2 is 2.04 bits per heavy atom. The molecule has 0 spiro atoms. The number of rotatable bonds is 7. The first kappa shape index (κ1) is 19.0. The Labute approximate surface area is 161 Å². The van der Waals surface area contributed by atoms with E-state index >= 15 is 0 Å². The minimum atomic E-state index is -0.293. The van der Waals surface area contributed by atoms with Gasteiger partial charge in [0.05, 0.1) is 6.04 Å². The Kier molecular flexibility index (Phi) is 5.81. The van der Waals surface area contributed by atoms with Gasteiger partial charge in [0.15, 0.2) is 0 Å². The number of nitrogens with one attached hydrogen (secondary N) is 1. The molecule has 1 heterocycles. The molecule has 4 nitrogen and oxygen atoms in total. The lowest BCUT2D eigenvalue weighted by atomic mass is 10.0. The molecule has 1 saturated carbocycles. The van der Waals surface area contributed by atoms with Gasteiger partial charge in [-0.05, 0) is 62.3 Å². The molecule has 0 radical (unpaired) electrons. The number of amides is 1. The van der Waals surface area contributed by atoms with Crippen molar-refractivity contribution >= 4 is 12.0 Å². The summed E-state index contributed by atoms with van der Waals surface area (Å²) in [5.41, 5.74) is 4.45. The number of aromatic nitrogens is 1. The Morgan fingerprint density at radius 1 is 1.33 bits per heavy atom. The van der Waals surface area contributed by atoms with E-state index in [1.165, 1.54) is 0 Å². The van der Waals surface area contributed by atoms with Gasteiger partial charge < -0.3 is 9.88 Å². The third kappa shape index (κ3) is 4.31. The molecule has 0 aliphatic heterocycles. The molecule has 1 fully saturated rings. The van der Waals surface area contributed by atoms with Crippen LogP contribution in [0, 0.1) is 31.1 Å². The zero-order chi connectivity index (χ0) is 19.4. The Balaban J connectivity index is 1.83. The Morgan fingerprint density at radius 3 is 2.63 bits per heavy atom. The molecule has 0 bridgehead atoms.